The Kier molecular flexibility index (Phi) is 2.96. The van der Waals surface area contributed by atoms with Gasteiger partial charge in [-0.3, -0.25) is 9.78 Å². The summed E-state index contributed by atoms with van der Waals surface area (Å²) >= 11 is 0. The van der Waals surface area contributed by atoms with Gasteiger partial charge in [-0.05, 0) is 11.8 Å². The summed E-state index contributed by atoms with van der Waals surface area (Å²) in [5, 5.41) is 14.1. The minimum atomic E-state index is -0.641. The van der Waals surface area contributed by atoms with E-state index in [1.807, 2.05) is 0 Å². The van der Waals surface area contributed by atoms with Crippen LogP contribution in [-0.4, -0.2) is 30.7 Å². The van der Waals surface area contributed by atoms with Crippen molar-refractivity contribution in [1.29, 1.82) is 0 Å². The number of hydrogen-bond donors (Lipinski definition) is 1. The molecule has 2 heterocycles. The molecule has 0 aliphatic carbocycles. The summed E-state index contributed by atoms with van der Waals surface area (Å²) in [5.41, 5.74) is 2.88. The van der Waals surface area contributed by atoms with Gasteiger partial charge >= 0.3 is 5.82 Å². The van der Waals surface area contributed by atoms with Gasteiger partial charge in [0.1, 0.15) is 5.69 Å². The van der Waals surface area contributed by atoms with Gasteiger partial charge in [0.2, 0.25) is 0 Å². The Morgan fingerprint density at radius 3 is 2.83 bits per heavy atom. The Morgan fingerprint density at radius 2 is 2.28 bits per heavy atom. The van der Waals surface area contributed by atoms with Crippen molar-refractivity contribution >= 4 is 11.7 Å². The molecule has 0 saturated heterocycles. The summed E-state index contributed by atoms with van der Waals surface area (Å²) in [7, 11) is 0. The highest BCUT2D eigenvalue weighted by atomic mass is 16.6. The van der Waals surface area contributed by atoms with E-state index in [1.54, 1.807) is 6.92 Å². The summed E-state index contributed by atoms with van der Waals surface area (Å²) in [5.74, 6) is -0.892. The summed E-state index contributed by atoms with van der Waals surface area (Å²) in [6.45, 7) is 1.58. The summed E-state index contributed by atoms with van der Waals surface area (Å²) in [6.07, 6.45) is 4.08. The third kappa shape index (κ3) is 2.29. The van der Waals surface area contributed by atoms with Crippen molar-refractivity contribution in [1.82, 2.24) is 19.9 Å². The van der Waals surface area contributed by atoms with Gasteiger partial charge in [-0.2, -0.15) is 0 Å². The maximum Gasteiger partial charge on any atom is 0.392 e. The van der Waals surface area contributed by atoms with Gasteiger partial charge < -0.3 is 10.1 Å². The first-order valence-electron chi connectivity index (χ1n) is 4.86. The van der Waals surface area contributed by atoms with Crippen molar-refractivity contribution < 1.29 is 9.72 Å². The number of nitrogens with one attached hydrogen (secondary N) is 1. The number of nitro groups is 1. The predicted octanol–water partition coefficient (Wildman–Crippen LogP) is 0.274. The monoisotopic (exact) mass is 248 g/mol. The van der Waals surface area contributed by atoms with Crippen LogP contribution in [0.1, 0.15) is 16.2 Å². The van der Waals surface area contributed by atoms with Crippen LogP contribution in [0.2, 0.25) is 0 Å². The molecule has 18 heavy (non-hydrogen) atoms. The molecule has 0 aliphatic rings. The lowest BCUT2D eigenvalue weighted by molar-refractivity contribution is -0.389. The number of hydrogen-bond acceptors (Lipinski definition) is 6. The smallest absolute Gasteiger partial charge is 0.358 e. The molecule has 9 nitrogen and oxygen atoms in total. The van der Waals surface area contributed by atoms with Crippen LogP contribution in [0.15, 0.2) is 24.7 Å². The zero-order chi connectivity index (χ0) is 13.1. The number of nitrogens with zero attached hydrogens (tertiary/aromatic N) is 5. The lowest BCUT2D eigenvalue weighted by atomic mass is 10.4. The highest BCUT2D eigenvalue weighted by Gasteiger charge is 2.18. The molecule has 0 bridgehead atoms. The van der Waals surface area contributed by atoms with Gasteiger partial charge in [0.15, 0.2) is 0 Å². The highest BCUT2D eigenvalue weighted by molar-refractivity contribution is 5.97. The summed E-state index contributed by atoms with van der Waals surface area (Å²) in [6, 6.07) is 1.25. The van der Waals surface area contributed by atoms with E-state index in [0.717, 1.165) is 4.79 Å². The number of amides is 1. The molecule has 2 aromatic rings. The number of carbonyl (C=O) groups excluding carboxylic acids is 1. The van der Waals surface area contributed by atoms with E-state index in [-0.39, 0.29) is 11.5 Å². The molecule has 0 spiro atoms. The summed E-state index contributed by atoms with van der Waals surface area (Å²) in [4.78, 5) is 30.1. The Morgan fingerprint density at radius 1 is 1.50 bits per heavy atom. The van der Waals surface area contributed by atoms with Crippen molar-refractivity contribution in [2.75, 3.05) is 5.43 Å². The Bertz CT molecular complexity index is 594. The van der Waals surface area contributed by atoms with Crippen LogP contribution in [0.5, 0.6) is 0 Å². The van der Waals surface area contributed by atoms with E-state index in [2.05, 4.69) is 20.5 Å². The zero-order valence-corrected chi connectivity index (χ0v) is 9.27. The standard InChI is InChI=1S/C9H8N6O3/c1-6-4-8(15(17)18)12-14(6)13-9(16)7-5-10-2-3-11-7/h2-5H,1H3,(H,13,16). The average molecular weight is 248 g/mol. The lowest BCUT2D eigenvalue weighted by Gasteiger charge is -2.01. The molecule has 2 rings (SSSR count). The van der Waals surface area contributed by atoms with E-state index in [0.29, 0.717) is 5.69 Å². The third-order valence-corrected chi connectivity index (χ3v) is 2.06. The molecule has 0 unspecified atom stereocenters. The van der Waals surface area contributed by atoms with Crippen LogP contribution >= 0.6 is 0 Å². The number of aromatic nitrogens is 4. The average Bonchev–Trinajstić information content (AvgIpc) is 2.72. The van der Waals surface area contributed by atoms with Gasteiger partial charge in [0.05, 0.1) is 23.1 Å². The first kappa shape index (κ1) is 11.6. The van der Waals surface area contributed by atoms with Crippen LogP contribution in [-0.2, 0) is 0 Å². The van der Waals surface area contributed by atoms with Crippen LogP contribution in [0.4, 0.5) is 5.82 Å². The second kappa shape index (κ2) is 4.57. The molecular weight excluding hydrogens is 240 g/mol. The molecule has 1 N–H and O–H groups in total. The second-order valence-electron chi connectivity index (χ2n) is 3.34. The molecule has 0 saturated carbocycles. The summed E-state index contributed by atoms with van der Waals surface area (Å²) < 4.78 is 0. The lowest BCUT2D eigenvalue weighted by Crippen LogP contribution is -2.25. The van der Waals surface area contributed by atoms with E-state index < -0.39 is 10.8 Å². The highest BCUT2D eigenvalue weighted by Crippen LogP contribution is 2.09. The predicted molar refractivity (Wildman–Crippen MR) is 59.3 cm³/mol. The van der Waals surface area contributed by atoms with E-state index in [1.165, 1.54) is 24.7 Å². The van der Waals surface area contributed by atoms with Gasteiger partial charge in [-0.25, -0.2) is 10.4 Å². The van der Waals surface area contributed by atoms with E-state index >= 15 is 0 Å². The third-order valence-electron chi connectivity index (χ3n) is 2.06. The van der Waals surface area contributed by atoms with Gasteiger partial charge in [-0.15, -0.1) is 0 Å². The quantitative estimate of drug-likeness (QED) is 0.615. The number of aryl methyl sites for hydroxylation is 1. The Hall–Kier alpha value is -2.84. The molecule has 0 aromatic carbocycles. The van der Waals surface area contributed by atoms with E-state index in [4.69, 9.17) is 0 Å². The molecule has 0 radical (unpaired) electrons. The fourth-order valence-corrected chi connectivity index (χ4v) is 1.23. The molecule has 0 aliphatic heterocycles. The molecule has 92 valence electrons. The first-order chi connectivity index (χ1) is 8.58. The van der Waals surface area contributed by atoms with Crippen LogP contribution in [0.25, 0.3) is 0 Å². The SMILES string of the molecule is Cc1cc([N+](=O)[O-])nn1NC(=O)c1cnccn1. The Balaban J connectivity index is 2.20. The van der Waals surface area contributed by atoms with Crippen LogP contribution < -0.4 is 5.43 Å². The first-order valence-corrected chi connectivity index (χ1v) is 4.86. The maximum atomic E-state index is 11.7. The van der Waals surface area contributed by atoms with Crippen molar-refractivity contribution in [2.24, 2.45) is 0 Å². The normalized spacial score (nSPS) is 10.1. The van der Waals surface area contributed by atoms with Crippen LogP contribution in [0, 0.1) is 17.0 Å². The van der Waals surface area contributed by atoms with Crippen molar-refractivity contribution in [2.45, 2.75) is 6.92 Å². The molecular formula is C9H8N6O3. The van der Waals surface area contributed by atoms with Gasteiger partial charge in [0.25, 0.3) is 5.91 Å². The number of carbonyl (C=O) groups is 1. The van der Waals surface area contributed by atoms with Crippen molar-refractivity contribution in [3.05, 3.63) is 46.2 Å². The van der Waals surface area contributed by atoms with Gasteiger partial charge in [-0.1, -0.05) is 4.79 Å². The fourth-order valence-electron chi connectivity index (χ4n) is 1.23. The minimum absolute atomic E-state index is 0.0926. The van der Waals surface area contributed by atoms with Crippen molar-refractivity contribution in [3.63, 3.8) is 0 Å². The molecule has 0 fully saturated rings. The zero-order valence-electron chi connectivity index (χ0n) is 9.27. The molecule has 9 heteroatoms. The topological polar surface area (TPSA) is 116 Å². The minimum Gasteiger partial charge on any atom is -0.358 e. The molecule has 0 atom stereocenters. The van der Waals surface area contributed by atoms with Gasteiger partial charge in [0, 0.05) is 12.4 Å². The van der Waals surface area contributed by atoms with Crippen LogP contribution in [0.3, 0.4) is 0 Å². The fraction of sp³-hybridized carbons (Fsp3) is 0.111. The largest absolute Gasteiger partial charge is 0.392 e. The Labute approximate surface area is 101 Å². The number of rotatable bonds is 3. The molecule has 2 aromatic heterocycles. The second-order valence-corrected chi connectivity index (χ2v) is 3.34. The van der Waals surface area contributed by atoms with E-state index in [9.17, 15) is 14.9 Å². The molecule has 1 amide bonds. The van der Waals surface area contributed by atoms with Crippen molar-refractivity contribution in [3.8, 4) is 0 Å². The maximum absolute atomic E-state index is 11.7.